The van der Waals surface area contributed by atoms with Crippen LogP contribution < -0.4 is 25.0 Å². The van der Waals surface area contributed by atoms with Gasteiger partial charge in [0.15, 0.2) is 11.5 Å². The Bertz CT molecular complexity index is 1640. The van der Waals surface area contributed by atoms with Crippen LogP contribution in [0, 0.1) is 0 Å². The molecule has 1 saturated heterocycles. The van der Waals surface area contributed by atoms with Crippen molar-refractivity contribution in [1.82, 2.24) is 19.9 Å². The van der Waals surface area contributed by atoms with E-state index in [0.717, 1.165) is 27.5 Å². The second-order valence-corrected chi connectivity index (χ2v) is 9.44. The van der Waals surface area contributed by atoms with Crippen LogP contribution in [0.3, 0.4) is 0 Å². The van der Waals surface area contributed by atoms with E-state index in [4.69, 9.17) is 41.8 Å². The maximum Gasteiger partial charge on any atom is 0.228 e. The molecule has 2 aromatic heterocycles. The van der Waals surface area contributed by atoms with Crippen LogP contribution >= 0.6 is 11.6 Å². The van der Waals surface area contributed by atoms with Crippen LogP contribution in [-0.2, 0) is 0 Å². The SMILES string of the molecule is COc1cc2nc(N3CCN(c4nc(-c5ccccc5)c5cc(Cl)ccc5n4)CC3)nc(N)c2cc1OC. The summed E-state index contributed by atoms with van der Waals surface area (Å²) in [5.74, 6) is 2.86. The van der Waals surface area contributed by atoms with Gasteiger partial charge >= 0.3 is 0 Å². The van der Waals surface area contributed by atoms with Gasteiger partial charge in [0.2, 0.25) is 11.9 Å². The first-order chi connectivity index (χ1) is 18.5. The van der Waals surface area contributed by atoms with Crippen LogP contribution in [0.2, 0.25) is 5.02 Å². The van der Waals surface area contributed by atoms with Gasteiger partial charge in [0.1, 0.15) is 5.82 Å². The molecule has 1 fully saturated rings. The molecule has 1 aliphatic heterocycles. The van der Waals surface area contributed by atoms with Crippen molar-refractivity contribution in [2.45, 2.75) is 0 Å². The van der Waals surface area contributed by atoms with Gasteiger partial charge in [-0.15, -0.1) is 0 Å². The standard InChI is InChI=1S/C28H26ClN7O2/c1-37-23-15-20-22(16-24(23)38-2)32-28(34-26(20)30)36-12-10-35(11-13-36)27-31-21-9-8-18(29)14-19(21)25(33-27)17-6-4-3-5-7-17/h3-9,14-16H,10-13H2,1-2H3,(H2,30,32,34). The van der Waals surface area contributed by atoms with Gasteiger partial charge in [-0.25, -0.2) is 15.0 Å². The zero-order valence-corrected chi connectivity index (χ0v) is 21.8. The summed E-state index contributed by atoms with van der Waals surface area (Å²) < 4.78 is 10.8. The summed E-state index contributed by atoms with van der Waals surface area (Å²) in [6.07, 6.45) is 0. The van der Waals surface area contributed by atoms with E-state index >= 15 is 0 Å². The number of hydrogen-bond donors (Lipinski definition) is 1. The molecule has 38 heavy (non-hydrogen) atoms. The molecule has 5 aromatic rings. The first kappa shape index (κ1) is 24.0. The van der Waals surface area contributed by atoms with Gasteiger partial charge in [0.25, 0.3) is 0 Å². The van der Waals surface area contributed by atoms with Gasteiger partial charge in [-0.2, -0.15) is 4.98 Å². The Balaban J connectivity index is 1.29. The van der Waals surface area contributed by atoms with Crippen molar-refractivity contribution in [2.24, 2.45) is 0 Å². The number of nitrogen functional groups attached to an aromatic ring is 1. The van der Waals surface area contributed by atoms with Crippen molar-refractivity contribution >= 4 is 51.1 Å². The summed E-state index contributed by atoms with van der Waals surface area (Å²) in [4.78, 5) is 23.5. The average molecular weight is 528 g/mol. The van der Waals surface area contributed by atoms with Crippen molar-refractivity contribution < 1.29 is 9.47 Å². The molecule has 10 heteroatoms. The molecule has 1 aliphatic rings. The van der Waals surface area contributed by atoms with Crippen LogP contribution in [0.25, 0.3) is 33.1 Å². The first-order valence-electron chi connectivity index (χ1n) is 12.3. The predicted octanol–water partition coefficient (Wildman–Crippen LogP) is 4.82. The Morgan fingerprint density at radius 2 is 1.34 bits per heavy atom. The Kier molecular flexibility index (Phi) is 6.21. The molecule has 192 valence electrons. The maximum atomic E-state index is 6.32. The third-order valence-corrected chi connectivity index (χ3v) is 6.99. The minimum absolute atomic E-state index is 0.400. The molecule has 9 nitrogen and oxygen atoms in total. The molecule has 0 bridgehead atoms. The summed E-state index contributed by atoms with van der Waals surface area (Å²) >= 11 is 6.31. The number of fused-ring (bicyclic) bond motifs is 2. The molecule has 3 heterocycles. The zero-order chi connectivity index (χ0) is 26.2. The molecule has 0 aliphatic carbocycles. The number of nitrogens with two attached hydrogens (primary N) is 1. The Hall–Kier alpha value is -4.37. The largest absolute Gasteiger partial charge is 0.493 e. The molecular weight excluding hydrogens is 502 g/mol. The summed E-state index contributed by atoms with van der Waals surface area (Å²) in [7, 11) is 3.19. The van der Waals surface area contributed by atoms with Crippen molar-refractivity contribution in [2.75, 3.05) is 55.9 Å². The minimum atomic E-state index is 0.400. The van der Waals surface area contributed by atoms with E-state index in [-0.39, 0.29) is 0 Å². The number of methoxy groups -OCH3 is 2. The van der Waals surface area contributed by atoms with Crippen LogP contribution in [0.1, 0.15) is 0 Å². The lowest BCUT2D eigenvalue weighted by molar-refractivity contribution is 0.356. The molecule has 0 saturated carbocycles. The van der Waals surface area contributed by atoms with E-state index in [2.05, 4.69) is 26.9 Å². The molecule has 3 aromatic carbocycles. The third-order valence-electron chi connectivity index (χ3n) is 6.76. The fourth-order valence-electron chi connectivity index (χ4n) is 4.76. The van der Waals surface area contributed by atoms with Crippen LogP contribution in [0.15, 0.2) is 60.7 Å². The van der Waals surface area contributed by atoms with E-state index in [1.54, 1.807) is 20.3 Å². The topological polar surface area (TPSA) is 103 Å². The van der Waals surface area contributed by atoms with E-state index in [0.29, 0.717) is 65.9 Å². The van der Waals surface area contributed by atoms with E-state index in [1.807, 2.05) is 42.5 Å². The Morgan fingerprint density at radius 3 is 2.03 bits per heavy atom. The minimum Gasteiger partial charge on any atom is -0.493 e. The summed E-state index contributed by atoms with van der Waals surface area (Å²) in [5.41, 5.74) is 9.77. The van der Waals surface area contributed by atoms with E-state index in [9.17, 15) is 0 Å². The molecule has 0 spiro atoms. The summed E-state index contributed by atoms with van der Waals surface area (Å²) in [6.45, 7) is 2.81. The second kappa shape index (κ2) is 9.83. The van der Waals surface area contributed by atoms with Crippen molar-refractivity contribution in [3.8, 4) is 22.8 Å². The number of nitrogens with zero attached hydrogens (tertiary/aromatic N) is 6. The monoisotopic (exact) mass is 527 g/mol. The highest BCUT2D eigenvalue weighted by Crippen LogP contribution is 2.35. The van der Waals surface area contributed by atoms with Crippen LogP contribution in [0.5, 0.6) is 11.5 Å². The lowest BCUT2D eigenvalue weighted by Crippen LogP contribution is -2.47. The highest BCUT2D eigenvalue weighted by atomic mass is 35.5. The van der Waals surface area contributed by atoms with Gasteiger partial charge in [0.05, 0.1) is 30.9 Å². The lowest BCUT2D eigenvalue weighted by atomic mass is 10.1. The predicted molar refractivity (Wildman–Crippen MR) is 151 cm³/mol. The molecule has 0 unspecified atom stereocenters. The third kappa shape index (κ3) is 4.35. The van der Waals surface area contributed by atoms with E-state index < -0.39 is 0 Å². The van der Waals surface area contributed by atoms with Crippen molar-refractivity contribution in [1.29, 1.82) is 0 Å². The highest BCUT2D eigenvalue weighted by Gasteiger charge is 2.23. The zero-order valence-electron chi connectivity index (χ0n) is 21.1. The summed E-state index contributed by atoms with van der Waals surface area (Å²) in [6, 6.07) is 19.5. The Morgan fingerprint density at radius 1 is 0.711 bits per heavy atom. The second-order valence-electron chi connectivity index (χ2n) is 9.01. The van der Waals surface area contributed by atoms with E-state index in [1.165, 1.54) is 0 Å². The molecule has 2 N–H and O–H groups in total. The van der Waals surface area contributed by atoms with Crippen molar-refractivity contribution in [3.05, 3.63) is 65.7 Å². The molecule has 0 radical (unpaired) electrons. The van der Waals surface area contributed by atoms with Crippen LogP contribution in [-0.4, -0.2) is 60.3 Å². The normalized spacial score (nSPS) is 13.8. The number of ether oxygens (including phenoxy) is 2. The van der Waals surface area contributed by atoms with Gasteiger partial charge in [-0.3, -0.25) is 0 Å². The highest BCUT2D eigenvalue weighted by molar-refractivity contribution is 6.31. The number of aromatic nitrogens is 4. The fraction of sp³-hybridized carbons (Fsp3) is 0.214. The number of hydrogen-bond acceptors (Lipinski definition) is 9. The smallest absolute Gasteiger partial charge is 0.228 e. The number of benzene rings is 3. The van der Waals surface area contributed by atoms with Gasteiger partial charge in [0, 0.05) is 53.6 Å². The summed E-state index contributed by atoms with van der Waals surface area (Å²) in [5, 5.41) is 2.31. The van der Waals surface area contributed by atoms with Crippen molar-refractivity contribution in [3.63, 3.8) is 0 Å². The first-order valence-corrected chi connectivity index (χ1v) is 12.6. The lowest BCUT2D eigenvalue weighted by Gasteiger charge is -2.35. The molecular formula is C28H26ClN7O2. The molecule has 0 amide bonds. The van der Waals surface area contributed by atoms with Gasteiger partial charge < -0.3 is 25.0 Å². The van der Waals surface area contributed by atoms with Gasteiger partial charge in [-0.1, -0.05) is 41.9 Å². The quantitative estimate of drug-likeness (QED) is 0.344. The number of piperazine rings is 1. The number of halogens is 1. The number of rotatable bonds is 5. The molecule has 6 rings (SSSR count). The fourth-order valence-corrected chi connectivity index (χ4v) is 4.93. The van der Waals surface area contributed by atoms with Crippen LogP contribution in [0.4, 0.5) is 17.7 Å². The Labute approximate surface area is 224 Å². The average Bonchev–Trinajstić information content (AvgIpc) is 2.96. The molecule has 0 atom stereocenters. The maximum absolute atomic E-state index is 6.32. The number of anilines is 3. The van der Waals surface area contributed by atoms with Gasteiger partial charge in [-0.05, 0) is 24.3 Å².